The lowest BCUT2D eigenvalue weighted by molar-refractivity contribution is -0.114. The standard InChI is InChI=1S/C19H36O2Si/c1-14(13-20)15-10-11-16-17(9-8-12-19(15,16)5)21-22(6,7)18(2,3)4/h13-17H,8-12H2,1-7H3/t14?,15-,16+,17+,19-/m1/s1. The van der Waals surface area contributed by atoms with Gasteiger partial charge in [-0.2, -0.15) is 0 Å². The van der Waals surface area contributed by atoms with Crippen LogP contribution < -0.4 is 0 Å². The Labute approximate surface area is 138 Å². The minimum atomic E-state index is -1.71. The van der Waals surface area contributed by atoms with E-state index in [0.29, 0.717) is 23.4 Å². The second-order valence-electron chi connectivity index (χ2n) is 9.60. The molecule has 2 rings (SSSR count). The molecule has 0 spiro atoms. The summed E-state index contributed by atoms with van der Waals surface area (Å²) in [4.78, 5) is 11.3. The molecule has 0 aromatic rings. The summed E-state index contributed by atoms with van der Waals surface area (Å²) >= 11 is 0. The molecule has 0 aliphatic heterocycles. The van der Waals surface area contributed by atoms with Gasteiger partial charge >= 0.3 is 0 Å². The topological polar surface area (TPSA) is 26.3 Å². The van der Waals surface area contributed by atoms with Gasteiger partial charge in [-0.3, -0.25) is 0 Å². The summed E-state index contributed by atoms with van der Waals surface area (Å²) in [7, 11) is -1.71. The third-order valence-corrected chi connectivity index (χ3v) is 11.7. The van der Waals surface area contributed by atoms with E-state index < -0.39 is 8.32 Å². The van der Waals surface area contributed by atoms with Crippen LogP contribution in [0.2, 0.25) is 18.1 Å². The Morgan fingerprint density at radius 1 is 1.23 bits per heavy atom. The minimum Gasteiger partial charge on any atom is -0.414 e. The summed E-state index contributed by atoms with van der Waals surface area (Å²) in [6.45, 7) is 16.3. The summed E-state index contributed by atoms with van der Waals surface area (Å²) < 4.78 is 6.83. The molecule has 2 saturated carbocycles. The Balaban J connectivity index is 2.18. The van der Waals surface area contributed by atoms with Crippen molar-refractivity contribution in [2.75, 3.05) is 0 Å². The molecule has 0 aromatic carbocycles. The van der Waals surface area contributed by atoms with Crippen LogP contribution in [0.5, 0.6) is 0 Å². The van der Waals surface area contributed by atoms with Crippen LogP contribution in [0.1, 0.15) is 66.7 Å². The Hall–Kier alpha value is -0.153. The number of aldehydes is 1. The molecule has 22 heavy (non-hydrogen) atoms. The summed E-state index contributed by atoms with van der Waals surface area (Å²) in [5.41, 5.74) is 0.311. The molecule has 0 saturated heterocycles. The van der Waals surface area contributed by atoms with Gasteiger partial charge in [-0.15, -0.1) is 0 Å². The third-order valence-electron chi connectivity index (χ3n) is 7.24. The Morgan fingerprint density at radius 2 is 1.86 bits per heavy atom. The molecule has 0 N–H and O–H groups in total. The lowest BCUT2D eigenvalue weighted by Crippen LogP contribution is -2.50. The van der Waals surface area contributed by atoms with Gasteiger partial charge in [0, 0.05) is 12.0 Å². The van der Waals surface area contributed by atoms with Crippen LogP contribution in [-0.4, -0.2) is 20.7 Å². The van der Waals surface area contributed by atoms with Crippen molar-refractivity contribution in [3.63, 3.8) is 0 Å². The van der Waals surface area contributed by atoms with Gasteiger partial charge in [0.05, 0.1) is 0 Å². The molecule has 2 fully saturated rings. The summed E-state index contributed by atoms with van der Waals surface area (Å²) in [6, 6.07) is 0. The summed E-state index contributed by atoms with van der Waals surface area (Å²) in [6.07, 6.45) is 7.80. The third kappa shape index (κ3) is 3.08. The number of hydrogen-bond acceptors (Lipinski definition) is 2. The fraction of sp³-hybridized carbons (Fsp3) is 0.947. The molecule has 2 aliphatic carbocycles. The fourth-order valence-electron chi connectivity index (χ4n) is 4.81. The fourth-order valence-corrected chi connectivity index (χ4v) is 6.21. The van der Waals surface area contributed by atoms with Crippen LogP contribution >= 0.6 is 0 Å². The molecule has 0 aromatic heterocycles. The number of carbonyl (C=O) groups is 1. The van der Waals surface area contributed by atoms with Crippen LogP contribution in [0.4, 0.5) is 0 Å². The zero-order valence-corrected chi connectivity index (χ0v) is 16.7. The van der Waals surface area contributed by atoms with Gasteiger partial charge in [0.25, 0.3) is 0 Å². The van der Waals surface area contributed by atoms with Crippen molar-refractivity contribution in [1.82, 2.24) is 0 Å². The number of hydrogen-bond donors (Lipinski definition) is 0. The molecular formula is C19H36O2Si. The van der Waals surface area contributed by atoms with Crippen molar-refractivity contribution < 1.29 is 9.22 Å². The smallest absolute Gasteiger partial charge is 0.192 e. The van der Waals surface area contributed by atoms with E-state index in [4.69, 9.17) is 4.43 Å². The van der Waals surface area contributed by atoms with E-state index in [1.165, 1.54) is 38.4 Å². The molecule has 3 heteroatoms. The number of rotatable bonds is 4. The van der Waals surface area contributed by atoms with Gasteiger partial charge in [-0.25, -0.2) is 0 Å². The monoisotopic (exact) mass is 324 g/mol. The molecule has 0 amide bonds. The quantitative estimate of drug-likeness (QED) is 0.509. The molecular weight excluding hydrogens is 288 g/mol. The molecule has 1 unspecified atom stereocenters. The van der Waals surface area contributed by atoms with Crippen LogP contribution in [0, 0.1) is 23.2 Å². The van der Waals surface area contributed by atoms with Gasteiger partial charge in [0.2, 0.25) is 0 Å². The van der Waals surface area contributed by atoms with Gasteiger partial charge in [-0.1, -0.05) is 41.0 Å². The maximum atomic E-state index is 11.3. The largest absolute Gasteiger partial charge is 0.414 e. The van der Waals surface area contributed by atoms with Gasteiger partial charge in [-0.05, 0) is 61.1 Å². The summed E-state index contributed by atoms with van der Waals surface area (Å²) in [5, 5.41) is 0.273. The Bertz CT molecular complexity index is 412. The van der Waals surface area contributed by atoms with Crippen molar-refractivity contribution in [3.8, 4) is 0 Å². The maximum Gasteiger partial charge on any atom is 0.192 e. The minimum absolute atomic E-state index is 0.196. The van der Waals surface area contributed by atoms with Crippen LogP contribution in [0.3, 0.4) is 0 Å². The van der Waals surface area contributed by atoms with E-state index in [9.17, 15) is 4.79 Å². The van der Waals surface area contributed by atoms with E-state index in [1.54, 1.807) is 0 Å². The SMILES string of the molecule is CC(C=O)[C@H]1CC[C@H]2[C@@H](O[Si](C)(C)C(C)(C)C)CCC[C@]12C. The average Bonchev–Trinajstić information content (AvgIpc) is 2.74. The molecule has 0 heterocycles. The maximum absolute atomic E-state index is 11.3. The lowest BCUT2D eigenvalue weighted by Gasteiger charge is -2.49. The van der Waals surface area contributed by atoms with E-state index in [0.717, 1.165) is 0 Å². The highest BCUT2D eigenvalue weighted by Gasteiger charge is 2.54. The van der Waals surface area contributed by atoms with Crippen LogP contribution in [0.15, 0.2) is 0 Å². The number of fused-ring (bicyclic) bond motifs is 1. The normalized spacial score (nSPS) is 37.7. The van der Waals surface area contributed by atoms with Gasteiger partial charge < -0.3 is 9.22 Å². The summed E-state index contributed by atoms with van der Waals surface area (Å²) in [5.74, 6) is 1.41. The highest BCUT2D eigenvalue weighted by Crippen LogP contribution is 2.58. The molecule has 0 radical (unpaired) electrons. The van der Waals surface area contributed by atoms with E-state index >= 15 is 0 Å². The molecule has 128 valence electrons. The lowest BCUT2D eigenvalue weighted by atomic mass is 9.62. The predicted molar refractivity (Wildman–Crippen MR) is 95.5 cm³/mol. The zero-order valence-electron chi connectivity index (χ0n) is 15.7. The Morgan fingerprint density at radius 3 is 2.41 bits per heavy atom. The first-order valence-electron chi connectivity index (χ1n) is 9.16. The highest BCUT2D eigenvalue weighted by molar-refractivity contribution is 6.74. The van der Waals surface area contributed by atoms with Gasteiger partial charge in [0.15, 0.2) is 8.32 Å². The first kappa shape index (κ1) is 18.2. The van der Waals surface area contributed by atoms with Crippen molar-refractivity contribution in [2.45, 2.75) is 91.0 Å². The van der Waals surface area contributed by atoms with Crippen molar-refractivity contribution >= 4 is 14.6 Å². The first-order valence-corrected chi connectivity index (χ1v) is 12.1. The molecule has 0 bridgehead atoms. The Kier molecular flexibility index (Phi) is 5.00. The first-order chi connectivity index (χ1) is 10.0. The van der Waals surface area contributed by atoms with E-state index in [2.05, 4.69) is 47.7 Å². The second kappa shape index (κ2) is 6.05. The predicted octanol–water partition coefficient (Wildman–Crippen LogP) is 5.43. The van der Waals surface area contributed by atoms with Crippen LogP contribution in [-0.2, 0) is 9.22 Å². The van der Waals surface area contributed by atoms with E-state index in [1.807, 2.05) is 0 Å². The molecule has 2 aliphatic rings. The number of carbonyl (C=O) groups excluding carboxylic acids is 1. The zero-order chi connectivity index (χ0) is 16.8. The highest BCUT2D eigenvalue weighted by atomic mass is 28.4. The van der Waals surface area contributed by atoms with Crippen molar-refractivity contribution in [2.24, 2.45) is 23.2 Å². The van der Waals surface area contributed by atoms with E-state index in [-0.39, 0.29) is 11.0 Å². The second-order valence-corrected chi connectivity index (χ2v) is 14.4. The molecule has 5 atom stereocenters. The molecule has 2 nitrogen and oxygen atoms in total. The van der Waals surface area contributed by atoms with Crippen LogP contribution in [0.25, 0.3) is 0 Å². The average molecular weight is 325 g/mol. The van der Waals surface area contributed by atoms with Crippen molar-refractivity contribution in [3.05, 3.63) is 0 Å². The van der Waals surface area contributed by atoms with Crippen molar-refractivity contribution in [1.29, 1.82) is 0 Å². The van der Waals surface area contributed by atoms with Gasteiger partial charge in [0.1, 0.15) is 6.29 Å².